The van der Waals surface area contributed by atoms with Crippen LogP contribution in [-0.2, 0) is 11.2 Å². The van der Waals surface area contributed by atoms with Crippen LogP contribution < -0.4 is 15.5 Å². The predicted octanol–water partition coefficient (Wildman–Crippen LogP) is 1.35. The lowest BCUT2D eigenvalue weighted by Gasteiger charge is -2.29. The Kier molecular flexibility index (Phi) is 7.43. The van der Waals surface area contributed by atoms with Crippen LogP contribution >= 0.6 is 12.2 Å². The maximum atomic E-state index is 5.56. The number of hydrogen-bond acceptors (Lipinski definition) is 2. The molecule has 0 saturated carbocycles. The summed E-state index contributed by atoms with van der Waals surface area (Å²) in [5, 5.41) is 7.61. The van der Waals surface area contributed by atoms with E-state index in [9.17, 15) is 0 Å². The van der Waals surface area contributed by atoms with E-state index in [0.29, 0.717) is 0 Å². The molecular formula is C21H28N3OS+. The fraction of sp³-hybridized carbons (Fsp3) is 0.381. The highest BCUT2D eigenvalue weighted by atomic mass is 32.1. The zero-order valence-electron chi connectivity index (χ0n) is 15.1. The standard InChI is InChI=1S/C21H27N3OS/c26-21(22-12-11-18-7-3-1-4-8-18)23-20(19-9-5-2-6-10-19)17-24-13-15-25-16-14-24/h1-10,20H,11-17H2,(H2,22,23,26)/p+1/t20-/m0/s1. The van der Waals surface area contributed by atoms with Gasteiger partial charge in [-0.15, -0.1) is 0 Å². The first-order valence-electron chi connectivity index (χ1n) is 9.36. The van der Waals surface area contributed by atoms with Crippen molar-refractivity contribution in [3.8, 4) is 0 Å². The molecule has 0 bridgehead atoms. The third-order valence-electron chi connectivity index (χ3n) is 4.74. The number of thiocarbonyl (C=S) groups is 1. The van der Waals surface area contributed by atoms with E-state index >= 15 is 0 Å². The van der Waals surface area contributed by atoms with Crippen LogP contribution in [0.4, 0.5) is 0 Å². The summed E-state index contributed by atoms with van der Waals surface area (Å²) in [7, 11) is 0. The van der Waals surface area contributed by atoms with Gasteiger partial charge in [-0.1, -0.05) is 60.7 Å². The molecule has 0 aliphatic carbocycles. The molecule has 1 atom stereocenters. The highest BCUT2D eigenvalue weighted by Crippen LogP contribution is 2.10. The molecule has 0 amide bonds. The third-order valence-corrected chi connectivity index (χ3v) is 5.00. The van der Waals surface area contributed by atoms with Crippen molar-refractivity contribution in [2.75, 3.05) is 39.4 Å². The van der Waals surface area contributed by atoms with Crippen molar-refractivity contribution in [1.82, 2.24) is 10.6 Å². The van der Waals surface area contributed by atoms with Crippen molar-refractivity contribution in [1.29, 1.82) is 0 Å². The minimum Gasteiger partial charge on any atom is -0.370 e. The van der Waals surface area contributed by atoms with Crippen molar-refractivity contribution in [3.05, 3.63) is 71.8 Å². The van der Waals surface area contributed by atoms with Crippen LogP contribution in [0.3, 0.4) is 0 Å². The Labute approximate surface area is 161 Å². The summed E-state index contributed by atoms with van der Waals surface area (Å²) in [6.07, 6.45) is 0.966. The SMILES string of the molecule is S=C(NCCc1ccccc1)N[C@@H](C[NH+]1CCOCC1)c1ccccc1. The van der Waals surface area contributed by atoms with Gasteiger partial charge < -0.3 is 20.3 Å². The molecule has 138 valence electrons. The van der Waals surface area contributed by atoms with Gasteiger partial charge in [0.05, 0.1) is 13.2 Å². The molecule has 1 aliphatic heterocycles. The van der Waals surface area contributed by atoms with E-state index in [-0.39, 0.29) is 6.04 Å². The zero-order chi connectivity index (χ0) is 18.0. The van der Waals surface area contributed by atoms with Crippen LogP contribution in [0.1, 0.15) is 17.2 Å². The van der Waals surface area contributed by atoms with Crippen molar-refractivity contribution in [2.45, 2.75) is 12.5 Å². The lowest BCUT2D eigenvalue weighted by atomic mass is 10.1. The molecule has 1 saturated heterocycles. The monoisotopic (exact) mass is 370 g/mol. The normalized spacial score (nSPS) is 16.0. The Hall–Kier alpha value is -1.95. The lowest BCUT2D eigenvalue weighted by molar-refractivity contribution is -0.909. The van der Waals surface area contributed by atoms with Crippen molar-refractivity contribution in [3.63, 3.8) is 0 Å². The topological polar surface area (TPSA) is 37.7 Å². The van der Waals surface area contributed by atoms with Crippen molar-refractivity contribution in [2.24, 2.45) is 0 Å². The summed E-state index contributed by atoms with van der Waals surface area (Å²) < 4.78 is 5.48. The van der Waals surface area contributed by atoms with E-state index in [1.165, 1.54) is 11.1 Å². The molecule has 2 aromatic rings. The second-order valence-electron chi connectivity index (χ2n) is 6.67. The average Bonchev–Trinajstić information content (AvgIpc) is 2.70. The largest absolute Gasteiger partial charge is 0.370 e. The summed E-state index contributed by atoms with van der Waals surface area (Å²) in [4.78, 5) is 1.56. The van der Waals surface area contributed by atoms with E-state index in [2.05, 4.69) is 65.2 Å². The van der Waals surface area contributed by atoms with Gasteiger partial charge in [0, 0.05) is 6.54 Å². The summed E-state index contributed by atoms with van der Waals surface area (Å²) in [5.41, 5.74) is 2.60. The van der Waals surface area contributed by atoms with Gasteiger partial charge in [-0.25, -0.2) is 0 Å². The first-order valence-corrected chi connectivity index (χ1v) is 9.76. The highest BCUT2D eigenvalue weighted by molar-refractivity contribution is 7.80. The fourth-order valence-corrected chi connectivity index (χ4v) is 3.51. The number of rotatable bonds is 7. The average molecular weight is 371 g/mol. The number of ether oxygens (including phenoxy) is 1. The molecule has 3 N–H and O–H groups in total. The first kappa shape index (κ1) is 18.8. The molecule has 4 nitrogen and oxygen atoms in total. The summed E-state index contributed by atoms with van der Waals surface area (Å²) in [6, 6.07) is 21.3. The molecule has 0 unspecified atom stereocenters. The Bertz CT molecular complexity index is 659. The maximum Gasteiger partial charge on any atom is 0.166 e. The van der Waals surface area contributed by atoms with Crippen LogP contribution in [0.5, 0.6) is 0 Å². The van der Waals surface area contributed by atoms with Gasteiger partial charge in [-0.3, -0.25) is 0 Å². The van der Waals surface area contributed by atoms with Crippen LogP contribution in [0, 0.1) is 0 Å². The molecule has 26 heavy (non-hydrogen) atoms. The minimum atomic E-state index is 0.209. The number of morpholine rings is 1. The number of benzene rings is 2. The van der Waals surface area contributed by atoms with Gasteiger partial charge in [0.15, 0.2) is 5.11 Å². The molecule has 2 aromatic carbocycles. The molecule has 0 radical (unpaired) electrons. The van der Waals surface area contributed by atoms with Gasteiger partial charge >= 0.3 is 0 Å². The second-order valence-corrected chi connectivity index (χ2v) is 7.07. The highest BCUT2D eigenvalue weighted by Gasteiger charge is 2.21. The van der Waals surface area contributed by atoms with E-state index in [0.717, 1.165) is 50.9 Å². The number of hydrogen-bond donors (Lipinski definition) is 3. The maximum absolute atomic E-state index is 5.56. The summed E-state index contributed by atoms with van der Waals surface area (Å²) in [5.74, 6) is 0. The zero-order valence-corrected chi connectivity index (χ0v) is 15.9. The Balaban J connectivity index is 1.53. The van der Waals surface area contributed by atoms with Gasteiger partial charge in [0.2, 0.25) is 0 Å². The second kappa shape index (κ2) is 10.3. The van der Waals surface area contributed by atoms with Crippen LogP contribution in [0.25, 0.3) is 0 Å². The van der Waals surface area contributed by atoms with Crippen LogP contribution in [0.15, 0.2) is 60.7 Å². The molecule has 1 aliphatic rings. The minimum absolute atomic E-state index is 0.209. The first-order chi connectivity index (χ1) is 12.8. The van der Waals surface area contributed by atoms with Gasteiger partial charge in [0.25, 0.3) is 0 Å². The smallest absolute Gasteiger partial charge is 0.166 e. The molecule has 1 heterocycles. The van der Waals surface area contributed by atoms with Gasteiger partial charge in [-0.2, -0.15) is 0 Å². The van der Waals surface area contributed by atoms with Crippen molar-refractivity contribution >= 4 is 17.3 Å². The fourth-order valence-electron chi connectivity index (χ4n) is 3.26. The molecule has 3 rings (SSSR count). The molecule has 0 aromatic heterocycles. The molecule has 0 spiro atoms. The predicted molar refractivity (Wildman–Crippen MR) is 109 cm³/mol. The van der Waals surface area contributed by atoms with Crippen LogP contribution in [0.2, 0.25) is 0 Å². The molecule has 1 fully saturated rings. The Morgan fingerprint density at radius 3 is 2.35 bits per heavy atom. The van der Waals surface area contributed by atoms with Crippen molar-refractivity contribution < 1.29 is 9.64 Å². The Morgan fingerprint density at radius 2 is 1.65 bits per heavy atom. The van der Waals surface area contributed by atoms with Gasteiger partial charge in [0.1, 0.15) is 25.7 Å². The lowest BCUT2D eigenvalue weighted by Crippen LogP contribution is -3.14. The van der Waals surface area contributed by atoms with E-state index < -0.39 is 0 Å². The summed E-state index contributed by atoms with van der Waals surface area (Å²) >= 11 is 5.56. The molecule has 5 heteroatoms. The number of quaternary nitrogens is 1. The quantitative estimate of drug-likeness (QED) is 0.644. The van der Waals surface area contributed by atoms with Gasteiger partial charge in [-0.05, 0) is 29.8 Å². The third kappa shape index (κ3) is 6.09. The van der Waals surface area contributed by atoms with Crippen LogP contribution in [-0.4, -0.2) is 44.5 Å². The Morgan fingerprint density at radius 1 is 1.00 bits per heavy atom. The molecular weight excluding hydrogens is 342 g/mol. The van der Waals surface area contributed by atoms with E-state index in [1.807, 2.05) is 6.07 Å². The van der Waals surface area contributed by atoms with E-state index in [4.69, 9.17) is 17.0 Å². The van der Waals surface area contributed by atoms with E-state index in [1.54, 1.807) is 4.90 Å². The summed E-state index contributed by atoms with van der Waals surface area (Å²) in [6.45, 7) is 5.64. The number of nitrogens with one attached hydrogen (secondary N) is 3.